The van der Waals surface area contributed by atoms with Gasteiger partial charge in [0.25, 0.3) is 0 Å². The van der Waals surface area contributed by atoms with Gasteiger partial charge in [-0.1, -0.05) is 6.07 Å². The highest BCUT2D eigenvalue weighted by atomic mass is 32.2. The first-order valence-corrected chi connectivity index (χ1v) is 8.85. The van der Waals surface area contributed by atoms with Crippen LogP contribution >= 0.6 is 11.8 Å². The second-order valence-corrected chi connectivity index (χ2v) is 6.36. The predicted octanol–water partition coefficient (Wildman–Crippen LogP) is 3.36. The van der Waals surface area contributed by atoms with Gasteiger partial charge in [-0.2, -0.15) is 11.8 Å². The van der Waals surface area contributed by atoms with Crippen LogP contribution in [0.3, 0.4) is 0 Å². The van der Waals surface area contributed by atoms with E-state index >= 15 is 0 Å². The van der Waals surface area contributed by atoms with Gasteiger partial charge in [-0.15, -0.1) is 0 Å². The molecule has 0 radical (unpaired) electrons. The highest BCUT2D eigenvalue weighted by Gasteiger charge is 2.10. The minimum Gasteiger partial charge on any atom is -0.383 e. The molecule has 0 saturated heterocycles. The number of fused-ring (bicyclic) bond motifs is 1. The number of ether oxygens (including phenoxy) is 1. The first kappa shape index (κ1) is 16.4. The van der Waals surface area contributed by atoms with Gasteiger partial charge < -0.3 is 14.6 Å². The number of methoxy groups -OCH3 is 1. The average molecular weight is 306 g/mol. The monoisotopic (exact) mass is 306 g/mol. The molecule has 21 heavy (non-hydrogen) atoms. The van der Waals surface area contributed by atoms with E-state index in [0.717, 1.165) is 32.0 Å². The van der Waals surface area contributed by atoms with Gasteiger partial charge >= 0.3 is 0 Å². The fourth-order valence-corrected chi connectivity index (χ4v) is 3.05. The summed E-state index contributed by atoms with van der Waals surface area (Å²) >= 11 is 1.90. The number of thioether (sulfide) groups is 1. The molecule has 0 bridgehead atoms. The fraction of sp³-hybridized carbons (Fsp3) is 0.529. The summed E-state index contributed by atoms with van der Waals surface area (Å²) < 4.78 is 7.51. The Hall–Kier alpha value is -0.970. The highest BCUT2D eigenvalue weighted by Crippen LogP contribution is 2.26. The zero-order valence-electron chi connectivity index (χ0n) is 13.5. The molecule has 0 unspecified atom stereocenters. The molecule has 1 heterocycles. The van der Waals surface area contributed by atoms with E-state index in [1.807, 2.05) is 11.8 Å². The zero-order chi connectivity index (χ0) is 15.2. The summed E-state index contributed by atoms with van der Waals surface area (Å²) in [6.45, 7) is 8.09. The first-order valence-electron chi connectivity index (χ1n) is 7.46. The minimum absolute atomic E-state index is 0.755. The Bertz CT molecular complexity index is 592. The summed E-state index contributed by atoms with van der Waals surface area (Å²) in [6.07, 6.45) is 2.16. The third kappa shape index (κ3) is 3.82. The topological polar surface area (TPSA) is 26.2 Å². The predicted molar refractivity (Wildman–Crippen MR) is 93.4 cm³/mol. The molecule has 0 amide bonds. The molecular formula is C17H26N2OS. The quantitative estimate of drug-likeness (QED) is 0.758. The third-order valence-corrected chi connectivity index (χ3v) is 4.63. The molecule has 0 spiro atoms. The molecule has 1 N–H and O–H groups in total. The van der Waals surface area contributed by atoms with Gasteiger partial charge in [-0.05, 0) is 43.4 Å². The minimum atomic E-state index is 0.755. The average Bonchev–Trinajstić information content (AvgIpc) is 2.73. The van der Waals surface area contributed by atoms with Crippen molar-refractivity contribution in [3.8, 4) is 0 Å². The van der Waals surface area contributed by atoms with Crippen molar-refractivity contribution >= 4 is 22.7 Å². The number of hydrogen-bond acceptors (Lipinski definition) is 3. The zero-order valence-corrected chi connectivity index (χ0v) is 14.3. The number of hydrogen-bond donors (Lipinski definition) is 1. The molecular weight excluding hydrogens is 280 g/mol. The molecule has 2 aromatic rings. The molecule has 0 aliphatic carbocycles. The Kier molecular flexibility index (Phi) is 6.15. The van der Waals surface area contributed by atoms with E-state index in [2.05, 4.69) is 48.2 Å². The number of benzene rings is 1. The van der Waals surface area contributed by atoms with Crippen LogP contribution in [0, 0.1) is 13.8 Å². The second-order valence-electron chi connectivity index (χ2n) is 5.38. The van der Waals surface area contributed by atoms with Crippen LogP contribution in [-0.2, 0) is 17.8 Å². The van der Waals surface area contributed by atoms with Crippen molar-refractivity contribution in [1.29, 1.82) is 0 Å². The van der Waals surface area contributed by atoms with Crippen molar-refractivity contribution in [2.24, 2.45) is 0 Å². The lowest BCUT2D eigenvalue weighted by molar-refractivity contribution is 0.199. The van der Waals surface area contributed by atoms with Crippen LogP contribution in [0.5, 0.6) is 0 Å². The maximum atomic E-state index is 5.06. The summed E-state index contributed by atoms with van der Waals surface area (Å²) in [7, 11) is 1.73. The lowest BCUT2D eigenvalue weighted by atomic mass is 10.1. The molecule has 1 aromatic heterocycles. The summed E-state index contributed by atoms with van der Waals surface area (Å²) in [5, 5.41) is 4.80. The Balaban J connectivity index is 2.21. The van der Waals surface area contributed by atoms with Gasteiger partial charge in [0.2, 0.25) is 0 Å². The lowest BCUT2D eigenvalue weighted by Crippen LogP contribution is -2.18. The van der Waals surface area contributed by atoms with Crippen molar-refractivity contribution in [2.75, 3.05) is 32.3 Å². The van der Waals surface area contributed by atoms with E-state index in [1.165, 1.54) is 27.7 Å². The standard InChI is InChI=1S/C17H26N2OS/c1-13-14(2)19(8-10-21-4)17-6-5-15(11-16(13)17)12-18-7-9-20-3/h5-6,11,18H,7-10,12H2,1-4H3. The van der Waals surface area contributed by atoms with Crippen LogP contribution in [0.4, 0.5) is 0 Å². The van der Waals surface area contributed by atoms with Crippen LogP contribution in [-0.4, -0.2) is 36.8 Å². The van der Waals surface area contributed by atoms with Gasteiger partial charge in [-0.3, -0.25) is 0 Å². The largest absolute Gasteiger partial charge is 0.383 e. The Morgan fingerprint density at radius 2 is 2.10 bits per heavy atom. The van der Waals surface area contributed by atoms with Crippen LogP contribution in [0.1, 0.15) is 16.8 Å². The fourth-order valence-electron chi connectivity index (χ4n) is 2.68. The second kappa shape index (κ2) is 7.87. The van der Waals surface area contributed by atoms with Crippen molar-refractivity contribution < 1.29 is 4.74 Å². The van der Waals surface area contributed by atoms with E-state index in [9.17, 15) is 0 Å². The molecule has 0 fully saturated rings. The van der Waals surface area contributed by atoms with Crippen LogP contribution in [0.2, 0.25) is 0 Å². The molecule has 2 rings (SSSR count). The number of nitrogens with one attached hydrogen (secondary N) is 1. The maximum absolute atomic E-state index is 5.06. The van der Waals surface area contributed by atoms with Crippen molar-refractivity contribution in [2.45, 2.75) is 26.9 Å². The van der Waals surface area contributed by atoms with Crippen molar-refractivity contribution in [3.63, 3.8) is 0 Å². The number of nitrogens with zero attached hydrogens (tertiary/aromatic N) is 1. The van der Waals surface area contributed by atoms with Crippen LogP contribution < -0.4 is 5.32 Å². The summed E-state index contributed by atoms with van der Waals surface area (Å²) in [4.78, 5) is 0. The molecule has 0 atom stereocenters. The molecule has 0 aliphatic rings. The van der Waals surface area contributed by atoms with Crippen molar-refractivity contribution in [1.82, 2.24) is 9.88 Å². The smallest absolute Gasteiger partial charge is 0.0587 e. The van der Waals surface area contributed by atoms with Crippen LogP contribution in [0.15, 0.2) is 18.2 Å². The molecule has 4 heteroatoms. The molecule has 1 aromatic carbocycles. The summed E-state index contributed by atoms with van der Waals surface area (Å²) in [6, 6.07) is 6.83. The van der Waals surface area contributed by atoms with Crippen LogP contribution in [0.25, 0.3) is 10.9 Å². The number of aromatic nitrogens is 1. The van der Waals surface area contributed by atoms with E-state index < -0.39 is 0 Å². The van der Waals surface area contributed by atoms with Gasteiger partial charge in [0.1, 0.15) is 0 Å². The van der Waals surface area contributed by atoms with E-state index in [4.69, 9.17) is 4.74 Å². The van der Waals surface area contributed by atoms with Crippen molar-refractivity contribution in [3.05, 3.63) is 35.0 Å². The maximum Gasteiger partial charge on any atom is 0.0587 e. The molecule has 0 aliphatic heterocycles. The molecule has 3 nitrogen and oxygen atoms in total. The molecule has 116 valence electrons. The van der Waals surface area contributed by atoms with Gasteiger partial charge in [0.05, 0.1) is 6.61 Å². The highest BCUT2D eigenvalue weighted by molar-refractivity contribution is 7.98. The Morgan fingerprint density at radius 3 is 2.81 bits per heavy atom. The summed E-state index contributed by atoms with van der Waals surface area (Å²) in [5.74, 6) is 1.16. The Morgan fingerprint density at radius 1 is 1.29 bits per heavy atom. The Labute approximate surface area is 132 Å². The summed E-state index contributed by atoms with van der Waals surface area (Å²) in [5.41, 5.74) is 5.50. The van der Waals surface area contributed by atoms with Gasteiger partial charge in [0, 0.05) is 49.1 Å². The normalized spacial score (nSPS) is 11.4. The number of aryl methyl sites for hydroxylation is 2. The number of rotatable bonds is 8. The van der Waals surface area contributed by atoms with Gasteiger partial charge in [0.15, 0.2) is 0 Å². The lowest BCUT2D eigenvalue weighted by Gasteiger charge is -2.08. The SMILES string of the molecule is COCCNCc1ccc2c(c1)c(C)c(C)n2CCSC. The third-order valence-electron chi connectivity index (χ3n) is 4.03. The van der Waals surface area contributed by atoms with E-state index in [-0.39, 0.29) is 0 Å². The van der Waals surface area contributed by atoms with E-state index in [1.54, 1.807) is 7.11 Å². The molecule has 0 saturated carbocycles. The first-order chi connectivity index (χ1) is 10.2. The van der Waals surface area contributed by atoms with E-state index in [0.29, 0.717) is 0 Å². The van der Waals surface area contributed by atoms with Gasteiger partial charge in [-0.25, -0.2) is 0 Å².